The SMILES string of the molecule is Cc1sc2nc(Cl)nc(Nc3ccc(CC(=O)O)cc3)c2c1C. The van der Waals surface area contributed by atoms with Crippen molar-refractivity contribution in [2.24, 2.45) is 0 Å². The highest BCUT2D eigenvalue weighted by molar-refractivity contribution is 7.18. The number of halogens is 1. The van der Waals surface area contributed by atoms with Crippen LogP contribution in [0.4, 0.5) is 11.5 Å². The second-order valence-corrected chi connectivity index (χ2v) is 6.74. The smallest absolute Gasteiger partial charge is 0.307 e. The van der Waals surface area contributed by atoms with E-state index in [2.05, 4.69) is 15.3 Å². The van der Waals surface area contributed by atoms with E-state index in [9.17, 15) is 4.79 Å². The number of carboxylic acids is 1. The number of benzene rings is 1. The molecule has 0 aliphatic rings. The van der Waals surface area contributed by atoms with Crippen molar-refractivity contribution in [1.82, 2.24) is 9.97 Å². The van der Waals surface area contributed by atoms with Gasteiger partial charge in [-0.25, -0.2) is 4.98 Å². The highest BCUT2D eigenvalue weighted by Gasteiger charge is 2.14. The summed E-state index contributed by atoms with van der Waals surface area (Å²) in [7, 11) is 0. The number of aromatic nitrogens is 2. The van der Waals surface area contributed by atoms with Gasteiger partial charge in [0.2, 0.25) is 5.28 Å². The predicted octanol–water partition coefficient (Wildman–Crippen LogP) is 4.33. The van der Waals surface area contributed by atoms with Gasteiger partial charge in [0.15, 0.2) is 0 Å². The molecule has 0 amide bonds. The first-order chi connectivity index (χ1) is 10.9. The molecule has 118 valence electrons. The first kappa shape index (κ1) is 15.7. The third-order valence-electron chi connectivity index (χ3n) is 3.57. The Balaban J connectivity index is 1.96. The third-order valence-corrected chi connectivity index (χ3v) is 4.84. The number of anilines is 2. The van der Waals surface area contributed by atoms with Gasteiger partial charge in [-0.3, -0.25) is 4.79 Å². The number of aliphatic carboxylic acids is 1. The zero-order chi connectivity index (χ0) is 16.6. The van der Waals surface area contributed by atoms with Gasteiger partial charge in [0.25, 0.3) is 0 Å². The van der Waals surface area contributed by atoms with Crippen molar-refractivity contribution in [3.8, 4) is 0 Å². The van der Waals surface area contributed by atoms with E-state index >= 15 is 0 Å². The van der Waals surface area contributed by atoms with Crippen molar-refractivity contribution < 1.29 is 9.90 Å². The fourth-order valence-corrected chi connectivity index (χ4v) is 3.58. The second-order valence-electron chi connectivity index (χ2n) is 5.20. The lowest BCUT2D eigenvalue weighted by Crippen LogP contribution is -2.00. The van der Waals surface area contributed by atoms with Crippen molar-refractivity contribution >= 4 is 50.6 Å². The summed E-state index contributed by atoms with van der Waals surface area (Å²) in [6.07, 6.45) is 0.00664. The van der Waals surface area contributed by atoms with Crippen molar-refractivity contribution in [2.75, 3.05) is 5.32 Å². The van der Waals surface area contributed by atoms with Crippen LogP contribution in [0, 0.1) is 13.8 Å². The molecule has 7 heteroatoms. The van der Waals surface area contributed by atoms with E-state index in [1.165, 1.54) is 4.88 Å². The van der Waals surface area contributed by atoms with Crippen LogP contribution in [0.5, 0.6) is 0 Å². The maximum atomic E-state index is 10.7. The number of nitrogens with one attached hydrogen (secondary N) is 1. The fraction of sp³-hybridized carbons (Fsp3) is 0.188. The molecule has 3 aromatic rings. The summed E-state index contributed by atoms with van der Waals surface area (Å²) in [5.74, 6) is -0.188. The quantitative estimate of drug-likeness (QED) is 0.687. The Bertz CT molecular complexity index is 890. The van der Waals surface area contributed by atoms with Crippen LogP contribution < -0.4 is 5.32 Å². The topological polar surface area (TPSA) is 75.1 Å². The highest BCUT2D eigenvalue weighted by Crippen LogP contribution is 2.35. The molecule has 2 heterocycles. The number of rotatable bonds is 4. The van der Waals surface area contributed by atoms with E-state index in [1.54, 1.807) is 23.5 Å². The first-order valence-corrected chi connectivity index (χ1v) is 8.14. The molecule has 0 spiro atoms. The van der Waals surface area contributed by atoms with Crippen molar-refractivity contribution in [2.45, 2.75) is 20.3 Å². The lowest BCUT2D eigenvalue weighted by Gasteiger charge is -2.08. The Morgan fingerprint density at radius 1 is 1.26 bits per heavy atom. The number of thiophene rings is 1. The van der Waals surface area contributed by atoms with Crippen LogP contribution in [0.3, 0.4) is 0 Å². The molecule has 23 heavy (non-hydrogen) atoms. The molecule has 0 atom stereocenters. The van der Waals surface area contributed by atoms with E-state index in [0.717, 1.165) is 27.0 Å². The number of fused-ring (bicyclic) bond motifs is 1. The van der Waals surface area contributed by atoms with Crippen LogP contribution in [-0.2, 0) is 11.2 Å². The van der Waals surface area contributed by atoms with Crippen LogP contribution in [0.25, 0.3) is 10.2 Å². The highest BCUT2D eigenvalue weighted by atomic mass is 35.5. The molecule has 0 saturated carbocycles. The number of nitrogens with zero attached hydrogens (tertiary/aromatic N) is 2. The molecule has 0 unspecified atom stereocenters. The number of hydrogen-bond donors (Lipinski definition) is 2. The zero-order valence-corrected chi connectivity index (χ0v) is 14.1. The lowest BCUT2D eigenvalue weighted by atomic mass is 10.1. The number of carboxylic acid groups (broad SMARTS) is 1. The van der Waals surface area contributed by atoms with Gasteiger partial charge in [-0.1, -0.05) is 12.1 Å². The molecule has 2 N–H and O–H groups in total. The van der Waals surface area contributed by atoms with Crippen LogP contribution in [0.2, 0.25) is 5.28 Å². The average Bonchev–Trinajstić information content (AvgIpc) is 2.75. The summed E-state index contributed by atoms with van der Waals surface area (Å²) in [4.78, 5) is 21.3. The minimum absolute atomic E-state index is 0.00664. The van der Waals surface area contributed by atoms with Crippen molar-refractivity contribution in [1.29, 1.82) is 0 Å². The summed E-state index contributed by atoms with van der Waals surface area (Å²) in [5, 5.41) is 13.2. The van der Waals surface area contributed by atoms with Crippen LogP contribution >= 0.6 is 22.9 Å². The molecule has 0 aliphatic heterocycles. The van der Waals surface area contributed by atoms with Gasteiger partial charge in [-0.05, 0) is 48.7 Å². The number of aryl methyl sites for hydroxylation is 2. The Morgan fingerprint density at radius 2 is 1.96 bits per heavy atom. The molecule has 0 radical (unpaired) electrons. The molecule has 0 aliphatic carbocycles. The molecule has 0 saturated heterocycles. The van der Waals surface area contributed by atoms with Gasteiger partial charge in [0.05, 0.1) is 11.8 Å². The van der Waals surface area contributed by atoms with Crippen molar-refractivity contribution in [3.63, 3.8) is 0 Å². The Kier molecular flexibility index (Phi) is 4.19. The Morgan fingerprint density at radius 3 is 2.61 bits per heavy atom. The van der Waals surface area contributed by atoms with E-state index in [4.69, 9.17) is 16.7 Å². The number of hydrogen-bond acceptors (Lipinski definition) is 5. The fourth-order valence-electron chi connectivity index (χ4n) is 2.33. The van der Waals surface area contributed by atoms with Crippen LogP contribution in [0.1, 0.15) is 16.0 Å². The lowest BCUT2D eigenvalue weighted by molar-refractivity contribution is -0.136. The maximum absolute atomic E-state index is 10.7. The van der Waals surface area contributed by atoms with Gasteiger partial charge in [-0.15, -0.1) is 11.3 Å². The Hall–Kier alpha value is -2.18. The first-order valence-electron chi connectivity index (χ1n) is 6.95. The van der Waals surface area contributed by atoms with Crippen LogP contribution in [-0.4, -0.2) is 21.0 Å². The van der Waals surface area contributed by atoms with Gasteiger partial charge in [-0.2, -0.15) is 4.98 Å². The molecule has 2 aromatic heterocycles. The summed E-state index contributed by atoms with van der Waals surface area (Å²) in [6.45, 7) is 4.08. The van der Waals surface area contributed by atoms with Gasteiger partial charge in [0.1, 0.15) is 10.6 Å². The largest absolute Gasteiger partial charge is 0.481 e. The molecule has 0 bridgehead atoms. The predicted molar refractivity (Wildman–Crippen MR) is 93.0 cm³/mol. The summed E-state index contributed by atoms with van der Waals surface area (Å²) < 4.78 is 0. The standard InChI is InChI=1S/C16H14ClN3O2S/c1-8-9(2)23-15-13(8)14(19-16(17)20-15)18-11-5-3-10(4-6-11)7-12(21)22/h3-6H,7H2,1-2H3,(H,21,22)(H,18,19,20). The molecule has 0 fully saturated rings. The van der Waals surface area contributed by atoms with Crippen molar-refractivity contribution in [3.05, 3.63) is 45.6 Å². The average molecular weight is 348 g/mol. The normalized spacial score (nSPS) is 10.9. The summed E-state index contributed by atoms with van der Waals surface area (Å²) in [5.41, 5.74) is 2.70. The molecule has 1 aromatic carbocycles. The minimum atomic E-state index is -0.848. The minimum Gasteiger partial charge on any atom is -0.481 e. The maximum Gasteiger partial charge on any atom is 0.307 e. The molecular weight excluding hydrogens is 334 g/mol. The van der Waals surface area contributed by atoms with E-state index in [-0.39, 0.29) is 11.7 Å². The number of carbonyl (C=O) groups is 1. The molecular formula is C16H14ClN3O2S. The van der Waals surface area contributed by atoms with E-state index in [1.807, 2.05) is 26.0 Å². The van der Waals surface area contributed by atoms with Gasteiger partial charge >= 0.3 is 5.97 Å². The summed E-state index contributed by atoms with van der Waals surface area (Å²) in [6, 6.07) is 7.22. The van der Waals surface area contributed by atoms with Crippen LogP contribution in [0.15, 0.2) is 24.3 Å². The molecule has 3 rings (SSSR count). The second kappa shape index (κ2) is 6.14. The van der Waals surface area contributed by atoms with Gasteiger partial charge < -0.3 is 10.4 Å². The zero-order valence-electron chi connectivity index (χ0n) is 12.6. The van der Waals surface area contributed by atoms with E-state index in [0.29, 0.717) is 5.82 Å². The van der Waals surface area contributed by atoms with E-state index < -0.39 is 5.97 Å². The van der Waals surface area contributed by atoms with Gasteiger partial charge in [0, 0.05) is 10.6 Å². The molecule has 5 nitrogen and oxygen atoms in total. The monoisotopic (exact) mass is 347 g/mol. The third kappa shape index (κ3) is 3.28. The Labute approximate surface area is 142 Å². The summed E-state index contributed by atoms with van der Waals surface area (Å²) >= 11 is 7.60.